The number of aromatic nitrogens is 1. The van der Waals surface area contributed by atoms with Crippen molar-refractivity contribution < 1.29 is 14.3 Å². The molecule has 4 nitrogen and oxygen atoms in total. The summed E-state index contributed by atoms with van der Waals surface area (Å²) in [5.41, 5.74) is -1.50. The van der Waals surface area contributed by atoms with E-state index in [0.717, 1.165) is 6.20 Å². The van der Waals surface area contributed by atoms with Gasteiger partial charge in [-0.2, -0.15) is 4.39 Å². The van der Waals surface area contributed by atoms with E-state index in [9.17, 15) is 14.0 Å². The molecule has 0 radical (unpaired) electrons. The number of carbonyl (C=O) groups is 1. The van der Waals surface area contributed by atoms with E-state index in [4.69, 9.17) is 16.7 Å². The molecule has 0 unspecified atom stereocenters. The number of rotatable bonds is 1. The van der Waals surface area contributed by atoms with Gasteiger partial charge in [-0.3, -0.25) is 4.79 Å². The summed E-state index contributed by atoms with van der Waals surface area (Å²) < 4.78 is 12.6. The normalized spacial score (nSPS) is 9.83. The van der Waals surface area contributed by atoms with Crippen LogP contribution in [0.3, 0.4) is 0 Å². The highest BCUT2D eigenvalue weighted by molar-refractivity contribution is 6.33. The number of carboxylic acids is 1. The summed E-state index contributed by atoms with van der Waals surface area (Å²) in [6, 6.07) is 0. The van der Waals surface area contributed by atoms with Crippen LogP contribution in [0, 0.1) is 5.82 Å². The Hall–Kier alpha value is -1.36. The fourth-order valence-electron chi connectivity index (χ4n) is 0.638. The monoisotopic (exact) mass is 191 g/mol. The molecule has 0 spiro atoms. The van der Waals surface area contributed by atoms with Crippen LogP contribution in [0.25, 0.3) is 0 Å². The Morgan fingerprint density at radius 2 is 2.25 bits per heavy atom. The van der Waals surface area contributed by atoms with Crippen LogP contribution in [0.2, 0.25) is 5.02 Å². The fourth-order valence-corrected chi connectivity index (χ4v) is 0.859. The van der Waals surface area contributed by atoms with E-state index in [0.29, 0.717) is 0 Å². The predicted octanol–water partition coefficient (Wildman–Crippen LogP) is 0.866. The van der Waals surface area contributed by atoms with E-state index >= 15 is 0 Å². The Morgan fingerprint density at radius 1 is 1.67 bits per heavy atom. The highest BCUT2D eigenvalue weighted by atomic mass is 35.5. The molecule has 64 valence electrons. The van der Waals surface area contributed by atoms with E-state index in [1.54, 1.807) is 0 Å². The minimum atomic E-state index is -1.39. The highest BCUT2D eigenvalue weighted by Crippen LogP contribution is 2.15. The largest absolute Gasteiger partial charge is 0.478 e. The summed E-state index contributed by atoms with van der Waals surface area (Å²) in [5, 5.41) is 7.73. The minimum Gasteiger partial charge on any atom is -0.478 e. The molecule has 1 heterocycles. The molecule has 0 aliphatic heterocycles. The lowest BCUT2D eigenvalue weighted by Crippen LogP contribution is -2.14. The van der Waals surface area contributed by atoms with Gasteiger partial charge >= 0.3 is 5.97 Å². The number of aromatic amines is 1. The van der Waals surface area contributed by atoms with Gasteiger partial charge in [0.15, 0.2) is 0 Å². The molecule has 0 bridgehead atoms. The van der Waals surface area contributed by atoms with Gasteiger partial charge < -0.3 is 10.1 Å². The maximum atomic E-state index is 12.6. The van der Waals surface area contributed by atoms with Gasteiger partial charge in [0.25, 0.3) is 5.56 Å². The third-order valence-corrected chi connectivity index (χ3v) is 1.58. The molecule has 12 heavy (non-hydrogen) atoms. The summed E-state index contributed by atoms with van der Waals surface area (Å²) in [6.45, 7) is 0. The predicted molar refractivity (Wildman–Crippen MR) is 39.0 cm³/mol. The third kappa shape index (κ3) is 1.31. The minimum absolute atomic E-state index is 0.464. The summed E-state index contributed by atoms with van der Waals surface area (Å²) in [4.78, 5) is 22.7. The van der Waals surface area contributed by atoms with Crippen LogP contribution >= 0.6 is 11.6 Å². The van der Waals surface area contributed by atoms with Gasteiger partial charge in [-0.05, 0) is 0 Å². The summed E-state index contributed by atoms with van der Waals surface area (Å²) in [6.07, 6.45) is 0.843. The third-order valence-electron chi connectivity index (χ3n) is 1.21. The van der Waals surface area contributed by atoms with Crippen molar-refractivity contribution in [2.45, 2.75) is 0 Å². The van der Waals surface area contributed by atoms with Gasteiger partial charge in [-0.15, -0.1) is 0 Å². The SMILES string of the molecule is O=C(O)c1c[nH]c(=O)c(F)c1Cl. The lowest BCUT2D eigenvalue weighted by atomic mass is 10.3. The summed E-state index contributed by atoms with van der Waals surface area (Å²) >= 11 is 5.22. The fraction of sp³-hybridized carbons (Fsp3) is 0. The second-order valence-corrected chi connectivity index (χ2v) is 2.34. The lowest BCUT2D eigenvalue weighted by molar-refractivity contribution is 0.0696. The number of carboxylic acid groups (broad SMARTS) is 1. The number of aromatic carboxylic acids is 1. The average Bonchev–Trinajstić information content (AvgIpc) is 2.00. The van der Waals surface area contributed by atoms with E-state index in [1.807, 2.05) is 4.98 Å². The molecular formula is C6H3ClFNO3. The van der Waals surface area contributed by atoms with Crippen molar-refractivity contribution >= 4 is 17.6 Å². The van der Waals surface area contributed by atoms with Crippen LogP contribution < -0.4 is 5.56 Å². The first-order valence-electron chi connectivity index (χ1n) is 2.84. The molecule has 6 heteroatoms. The number of hydrogen-bond acceptors (Lipinski definition) is 2. The van der Waals surface area contributed by atoms with E-state index < -0.39 is 27.9 Å². The van der Waals surface area contributed by atoms with Gasteiger partial charge in [0, 0.05) is 6.20 Å². The van der Waals surface area contributed by atoms with Crippen LogP contribution in [-0.2, 0) is 0 Å². The Kier molecular flexibility index (Phi) is 2.14. The number of pyridine rings is 1. The van der Waals surface area contributed by atoms with Gasteiger partial charge in [0.2, 0.25) is 5.82 Å². The Bertz CT molecular complexity index is 387. The molecule has 0 aromatic carbocycles. The van der Waals surface area contributed by atoms with Crippen molar-refractivity contribution in [2.75, 3.05) is 0 Å². The molecule has 0 aliphatic carbocycles. The van der Waals surface area contributed by atoms with Gasteiger partial charge in [0.1, 0.15) is 0 Å². The Balaban J connectivity index is 3.47. The maximum Gasteiger partial charge on any atom is 0.338 e. The molecule has 0 fully saturated rings. The highest BCUT2D eigenvalue weighted by Gasteiger charge is 2.14. The Morgan fingerprint density at radius 3 is 2.75 bits per heavy atom. The van der Waals surface area contributed by atoms with Crippen molar-refractivity contribution in [3.8, 4) is 0 Å². The van der Waals surface area contributed by atoms with Crippen LogP contribution in [0.5, 0.6) is 0 Å². The molecule has 1 rings (SSSR count). The topological polar surface area (TPSA) is 70.2 Å². The van der Waals surface area contributed by atoms with Crippen LogP contribution in [0.1, 0.15) is 10.4 Å². The molecule has 0 saturated heterocycles. The number of H-pyrrole nitrogens is 1. The van der Waals surface area contributed by atoms with E-state index in [2.05, 4.69) is 0 Å². The second kappa shape index (κ2) is 2.94. The van der Waals surface area contributed by atoms with Gasteiger partial charge in [0.05, 0.1) is 10.6 Å². The first-order valence-corrected chi connectivity index (χ1v) is 3.22. The zero-order valence-corrected chi connectivity index (χ0v) is 6.35. The summed E-state index contributed by atoms with van der Waals surface area (Å²) in [5.74, 6) is -2.67. The second-order valence-electron chi connectivity index (χ2n) is 1.96. The quantitative estimate of drug-likeness (QED) is 0.692. The number of nitrogens with one attached hydrogen (secondary N) is 1. The lowest BCUT2D eigenvalue weighted by Gasteiger charge is -1.96. The van der Waals surface area contributed by atoms with Crippen molar-refractivity contribution in [2.24, 2.45) is 0 Å². The number of hydrogen-bond donors (Lipinski definition) is 2. The first kappa shape index (κ1) is 8.73. The van der Waals surface area contributed by atoms with Crippen LogP contribution in [0.15, 0.2) is 11.0 Å². The van der Waals surface area contributed by atoms with Crippen LogP contribution in [-0.4, -0.2) is 16.1 Å². The average molecular weight is 192 g/mol. The molecule has 1 aromatic rings. The molecule has 0 atom stereocenters. The first-order chi connectivity index (χ1) is 5.54. The zero-order valence-electron chi connectivity index (χ0n) is 5.60. The summed E-state index contributed by atoms with van der Waals surface area (Å²) in [7, 11) is 0. The molecule has 0 amide bonds. The molecular weight excluding hydrogens is 189 g/mol. The maximum absolute atomic E-state index is 12.6. The van der Waals surface area contributed by atoms with Crippen molar-refractivity contribution in [3.63, 3.8) is 0 Å². The molecule has 0 aliphatic rings. The Labute approximate surface area is 70.6 Å². The number of halogens is 2. The van der Waals surface area contributed by atoms with Crippen LogP contribution in [0.4, 0.5) is 4.39 Å². The molecule has 2 N–H and O–H groups in total. The van der Waals surface area contributed by atoms with Gasteiger partial charge in [-0.1, -0.05) is 11.6 Å². The van der Waals surface area contributed by atoms with Crippen molar-refractivity contribution in [1.82, 2.24) is 4.98 Å². The van der Waals surface area contributed by atoms with E-state index in [-0.39, 0.29) is 0 Å². The van der Waals surface area contributed by atoms with E-state index in [1.165, 1.54) is 0 Å². The van der Waals surface area contributed by atoms with Crippen molar-refractivity contribution in [3.05, 3.63) is 33.0 Å². The smallest absolute Gasteiger partial charge is 0.338 e. The van der Waals surface area contributed by atoms with Gasteiger partial charge in [-0.25, -0.2) is 4.79 Å². The zero-order chi connectivity index (χ0) is 9.30. The standard InChI is InChI=1S/C6H3ClFNO3/c7-3-2(6(11)12)1-9-5(10)4(3)8/h1H,(H,9,10)(H,11,12). The van der Waals surface area contributed by atoms with Crippen molar-refractivity contribution in [1.29, 1.82) is 0 Å². The molecule has 1 aromatic heterocycles. The molecule has 0 saturated carbocycles.